The molecule has 4 aromatic rings. The van der Waals surface area contributed by atoms with E-state index in [0.717, 1.165) is 30.6 Å². The molecule has 1 N–H and O–H groups in total. The fourth-order valence-electron chi connectivity index (χ4n) is 5.18. The van der Waals surface area contributed by atoms with Gasteiger partial charge in [0.2, 0.25) is 0 Å². The maximum Gasteiger partial charge on any atom is 0.268 e. The van der Waals surface area contributed by atoms with E-state index in [2.05, 4.69) is 15.2 Å². The van der Waals surface area contributed by atoms with E-state index < -0.39 is 10.0 Å². The molecule has 0 radical (unpaired) electrons. The van der Waals surface area contributed by atoms with Crippen molar-refractivity contribution in [1.29, 1.82) is 0 Å². The van der Waals surface area contributed by atoms with Crippen LogP contribution in [0.25, 0.3) is 10.9 Å². The zero-order chi connectivity index (χ0) is 24.8. The molecule has 36 heavy (non-hydrogen) atoms. The third-order valence-corrected chi connectivity index (χ3v) is 8.76. The van der Waals surface area contributed by atoms with Gasteiger partial charge >= 0.3 is 0 Å². The monoisotopic (exact) mass is 502 g/mol. The molecule has 7 heteroatoms. The second-order valence-electron chi connectivity index (χ2n) is 9.64. The lowest BCUT2D eigenvalue weighted by Crippen LogP contribution is -2.37. The van der Waals surface area contributed by atoms with Gasteiger partial charge in [-0.15, -0.1) is 0 Å². The quantitative estimate of drug-likeness (QED) is 0.323. The first-order chi connectivity index (χ1) is 17.6. The summed E-state index contributed by atoms with van der Waals surface area (Å²) >= 11 is 0. The second-order valence-corrected chi connectivity index (χ2v) is 11.5. The number of benzene rings is 2. The Kier molecular flexibility index (Phi) is 7.80. The van der Waals surface area contributed by atoms with E-state index in [1.807, 2.05) is 54.9 Å². The fourth-order valence-corrected chi connectivity index (χ4v) is 6.60. The maximum absolute atomic E-state index is 13.5. The maximum atomic E-state index is 13.5. The van der Waals surface area contributed by atoms with Gasteiger partial charge in [0.25, 0.3) is 10.0 Å². The highest BCUT2D eigenvalue weighted by Crippen LogP contribution is 2.27. The average molecular weight is 503 g/mol. The summed E-state index contributed by atoms with van der Waals surface area (Å²) in [5.41, 5.74) is 2.92. The van der Waals surface area contributed by atoms with Crippen LogP contribution in [-0.2, 0) is 23.1 Å². The largest absolute Gasteiger partial charge is 0.313 e. The molecular weight excluding hydrogens is 468 g/mol. The molecule has 0 atom stereocenters. The van der Waals surface area contributed by atoms with Gasteiger partial charge in [-0.25, -0.2) is 12.4 Å². The molecule has 0 amide bonds. The highest BCUT2D eigenvalue weighted by molar-refractivity contribution is 7.90. The van der Waals surface area contributed by atoms with E-state index in [4.69, 9.17) is 0 Å². The van der Waals surface area contributed by atoms with Gasteiger partial charge in [0.15, 0.2) is 0 Å². The number of nitrogens with one attached hydrogen (secondary N) is 1. The molecule has 0 spiro atoms. The van der Waals surface area contributed by atoms with E-state index in [9.17, 15) is 8.42 Å². The van der Waals surface area contributed by atoms with Gasteiger partial charge in [0.1, 0.15) is 0 Å². The number of hydrogen-bond acceptors (Lipinski definition) is 5. The normalized spacial score (nSPS) is 15.0. The summed E-state index contributed by atoms with van der Waals surface area (Å²) in [5.74, 6) is 0. The summed E-state index contributed by atoms with van der Waals surface area (Å²) in [4.78, 5) is 6.85. The number of para-hydroxylation sites is 1. The van der Waals surface area contributed by atoms with Crippen LogP contribution in [0, 0.1) is 0 Å². The molecule has 1 fully saturated rings. The number of nitrogens with zero attached hydrogens (tertiary/aromatic N) is 3. The van der Waals surface area contributed by atoms with Gasteiger partial charge in [-0.05, 0) is 54.3 Å². The summed E-state index contributed by atoms with van der Waals surface area (Å²) in [7, 11) is -3.69. The predicted molar refractivity (Wildman–Crippen MR) is 144 cm³/mol. The van der Waals surface area contributed by atoms with Crippen molar-refractivity contribution in [3.8, 4) is 0 Å². The third kappa shape index (κ3) is 5.69. The van der Waals surface area contributed by atoms with E-state index in [1.165, 1.54) is 41.6 Å². The van der Waals surface area contributed by atoms with Gasteiger partial charge in [-0.2, -0.15) is 0 Å². The SMILES string of the molecule is O=S(=O)(c1ccccc1)n1cc(CN(CCNC2CCCCC2)Cc2ccncc2)c2ccccc21. The highest BCUT2D eigenvalue weighted by Gasteiger charge is 2.22. The average Bonchev–Trinajstić information content (AvgIpc) is 3.29. The van der Waals surface area contributed by atoms with Gasteiger partial charge in [-0.1, -0.05) is 55.7 Å². The van der Waals surface area contributed by atoms with Crippen LogP contribution < -0.4 is 5.32 Å². The molecule has 2 aromatic heterocycles. The standard InChI is InChI=1S/C29H34N4O2S/c34-36(35,27-11-5-2-6-12-27)33-23-25(28-13-7-8-14-29(28)33)22-32(21-24-15-17-30-18-16-24)20-19-31-26-9-3-1-4-10-26/h2,5-8,11-18,23,26,31H,1,3-4,9-10,19-22H2. The van der Waals surface area contributed by atoms with Crippen LogP contribution >= 0.6 is 0 Å². The molecule has 5 rings (SSSR count). The summed E-state index contributed by atoms with van der Waals surface area (Å²) in [5, 5.41) is 4.73. The molecule has 0 bridgehead atoms. The van der Waals surface area contributed by atoms with Crippen molar-refractivity contribution in [2.75, 3.05) is 13.1 Å². The van der Waals surface area contributed by atoms with Crippen LogP contribution in [0.15, 0.2) is 90.2 Å². The molecule has 1 aliphatic rings. The summed E-state index contributed by atoms with van der Waals surface area (Å²) in [6.07, 6.45) is 12.0. The fraction of sp³-hybridized carbons (Fsp3) is 0.345. The third-order valence-electron chi connectivity index (χ3n) is 7.08. The Balaban J connectivity index is 1.41. The van der Waals surface area contributed by atoms with E-state index in [-0.39, 0.29) is 0 Å². The molecule has 2 aromatic carbocycles. The minimum Gasteiger partial charge on any atom is -0.313 e. The Labute approximate surface area is 214 Å². The molecule has 0 unspecified atom stereocenters. The molecule has 6 nitrogen and oxygen atoms in total. The first-order valence-electron chi connectivity index (χ1n) is 12.9. The lowest BCUT2D eigenvalue weighted by molar-refractivity contribution is 0.247. The minimum absolute atomic E-state index is 0.294. The van der Waals surface area contributed by atoms with E-state index >= 15 is 0 Å². The second kappa shape index (κ2) is 11.4. The van der Waals surface area contributed by atoms with Crippen LogP contribution in [0.3, 0.4) is 0 Å². The van der Waals surface area contributed by atoms with E-state index in [1.54, 1.807) is 30.5 Å². The number of hydrogen-bond donors (Lipinski definition) is 1. The van der Waals surface area contributed by atoms with Crippen molar-refractivity contribution >= 4 is 20.9 Å². The molecule has 188 valence electrons. The van der Waals surface area contributed by atoms with Gasteiger partial charge in [0, 0.05) is 56.2 Å². The Morgan fingerprint density at radius 1 is 0.889 bits per heavy atom. The van der Waals surface area contributed by atoms with Crippen LogP contribution in [0.1, 0.15) is 43.2 Å². The topological polar surface area (TPSA) is 67.2 Å². The molecular formula is C29H34N4O2S. The van der Waals surface area contributed by atoms with Crippen LogP contribution in [-0.4, -0.2) is 41.4 Å². The lowest BCUT2D eigenvalue weighted by Gasteiger charge is -2.26. The Morgan fingerprint density at radius 3 is 2.39 bits per heavy atom. The summed E-state index contributed by atoms with van der Waals surface area (Å²) in [6.45, 7) is 3.23. The molecule has 0 aliphatic heterocycles. The molecule has 1 aliphatic carbocycles. The predicted octanol–water partition coefficient (Wildman–Crippen LogP) is 5.20. The zero-order valence-corrected chi connectivity index (χ0v) is 21.4. The minimum atomic E-state index is -3.69. The smallest absolute Gasteiger partial charge is 0.268 e. The first kappa shape index (κ1) is 24.7. The van der Waals surface area contributed by atoms with Crippen LogP contribution in [0.5, 0.6) is 0 Å². The van der Waals surface area contributed by atoms with Gasteiger partial charge in [0.05, 0.1) is 10.4 Å². The van der Waals surface area contributed by atoms with Crippen LogP contribution in [0.2, 0.25) is 0 Å². The number of aromatic nitrogens is 2. The van der Waals surface area contributed by atoms with Crippen molar-refractivity contribution in [2.45, 2.75) is 56.1 Å². The lowest BCUT2D eigenvalue weighted by atomic mass is 9.95. The van der Waals surface area contributed by atoms with Crippen molar-refractivity contribution in [1.82, 2.24) is 19.2 Å². The number of rotatable bonds is 10. The van der Waals surface area contributed by atoms with Gasteiger partial charge < -0.3 is 5.32 Å². The Morgan fingerprint density at radius 2 is 1.61 bits per heavy atom. The Hall–Kier alpha value is -3.00. The van der Waals surface area contributed by atoms with Crippen molar-refractivity contribution < 1.29 is 8.42 Å². The van der Waals surface area contributed by atoms with E-state index in [0.29, 0.717) is 23.0 Å². The van der Waals surface area contributed by atoms with Crippen LogP contribution in [0.4, 0.5) is 0 Å². The van der Waals surface area contributed by atoms with Crippen molar-refractivity contribution in [2.24, 2.45) is 0 Å². The highest BCUT2D eigenvalue weighted by atomic mass is 32.2. The molecule has 0 saturated heterocycles. The Bertz CT molecular complexity index is 1360. The molecule has 2 heterocycles. The summed E-state index contributed by atoms with van der Waals surface area (Å²) < 4.78 is 28.5. The number of fused-ring (bicyclic) bond motifs is 1. The number of pyridine rings is 1. The van der Waals surface area contributed by atoms with Gasteiger partial charge in [-0.3, -0.25) is 9.88 Å². The van der Waals surface area contributed by atoms with Crippen molar-refractivity contribution in [3.63, 3.8) is 0 Å². The summed E-state index contributed by atoms with van der Waals surface area (Å²) in [6, 6.07) is 21.1. The first-order valence-corrected chi connectivity index (χ1v) is 14.3. The molecule has 1 saturated carbocycles. The van der Waals surface area contributed by atoms with Crippen molar-refractivity contribution in [3.05, 3.63) is 96.4 Å². The zero-order valence-electron chi connectivity index (χ0n) is 20.6.